The van der Waals surface area contributed by atoms with Gasteiger partial charge in [-0.2, -0.15) is 0 Å². The molecule has 0 radical (unpaired) electrons. The molecule has 8 heteroatoms. The highest BCUT2D eigenvalue weighted by Crippen LogP contribution is 2.31. The lowest BCUT2D eigenvalue weighted by molar-refractivity contribution is -0.130. The van der Waals surface area contributed by atoms with Gasteiger partial charge >= 0.3 is 0 Å². The summed E-state index contributed by atoms with van der Waals surface area (Å²) in [6.07, 6.45) is 1.43. The number of carbonyl (C=O) groups excluding carboxylic acids is 1. The maximum atomic E-state index is 12.9. The summed E-state index contributed by atoms with van der Waals surface area (Å²) in [7, 11) is -1.67. The van der Waals surface area contributed by atoms with Crippen LogP contribution in [0.3, 0.4) is 0 Å². The van der Waals surface area contributed by atoms with Crippen molar-refractivity contribution < 1.29 is 17.9 Å². The lowest BCUT2D eigenvalue weighted by Gasteiger charge is -2.35. The molecule has 0 unspecified atom stereocenters. The number of ether oxygens (including phenoxy) is 1. The van der Waals surface area contributed by atoms with Gasteiger partial charge in [-0.3, -0.25) is 4.79 Å². The summed E-state index contributed by atoms with van der Waals surface area (Å²) in [5.74, 6) is -0.121. The summed E-state index contributed by atoms with van der Waals surface area (Å²) < 4.78 is 29.3. The van der Waals surface area contributed by atoms with Crippen LogP contribution in [0.5, 0.6) is 0 Å². The molecular formula is C19H31ClN2O4S. The van der Waals surface area contributed by atoms with Crippen molar-refractivity contribution in [3.05, 3.63) is 29.8 Å². The minimum atomic E-state index is -3.28. The molecule has 0 atom stereocenters. The van der Waals surface area contributed by atoms with Crippen LogP contribution in [0.25, 0.3) is 0 Å². The second kappa shape index (κ2) is 9.37. The Morgan fingerprint density at radius 3 is 2.44 bits per heavy atom. The zero-order valence-electron chi connectivity index (χ0n) is 16.5. The largest absolute Gasteiger partial charge is 0.384 e. The summed E-state index contributed by atoms with van der Waals surface area (Å²) in [6.45, 7) is 7.01. The third-order valence-corrected chi connectivity index (χ3v) is 7.52. The van der Waals surface area contributed by atoms with Crippen molar-refractivity contribution in [3.63, 3.8) is 0 Å². The molecule has 0 saturated carbocycles. The van der Waals surface area contributed by atoms with E-state index < -0.39 is 20.0 Å². The van der Waals surface area contributed by atoms with E-state index in [1.54, 1.807) is 52.1 Å². The second-order valence-corrected chi connectivity index (χ2v) is 10.7. The Balaban J connectivity index is 0.00000364. The highest BCUT2D eigenvalue weighted by molar-refractivity contribution is 7.91. The van der Waals surface area contributed by atoms with E-state index in [9.17, 15) is 13.2 Å². The molecule has 1 aliphatic rings. The molecule has 0 aromatic heterocycles. The van der Waals surface area contributed by atoms with Crippen LogP contribution >= 0.6 is 12.4 Å². The molecule has 1 heterocycles. The van der Waals surface area contributed by atoms with E-state index >= 15 is 0 Å². The van der Waals surface area contributed by atoms with Gasteiger partial charge in [0.1, 0.15) is 0 Å². The Labute approximate surface area is 168 Å². The number of anilines is 1. The number of halogens is 1. The van der Waals surface area contributed by atoms with Crippen LogP contribution in [0.1, 0.15) is 39.2 Å². The molecular weight excluding hydrogens is 388 g/mol. The number of amides is 1. The molecule has 1 aromatic rings. The Morgan fingerprint density at radius 1 is 1.26 bits per heavy atom. The van der Waals surface area contributed by atoms with Gasteiger partial charge in [-0.05, 0) is 64.4 Å². The highest BCUT2D eigenvalue weighted by atomic mass is 35.5. The lowest BCUT2D eigenvalue weighted by Crippen LogP contribution is -2.47. The number of hydrogen-bond donors (Lipinski definition) is 2. The van der Waals surface area contributed by atoms with Crippen LogP contribution in [0, 0.1) is 5.41 Å². The predicted octanol–water partition coefficient (Wildman–Crippen LogP) is 2.78. The zero-order chi connectivity index (χ0) is 19.4. The van der Waals surface area contributed by atoms with Gasteiger partial charge in [-0.25, -0.2) is 8.42 Å². The van der Waals surface area contributed by atoms with Crippen molar-refractivity contribution in [2.75, 3.05) is 32.1 Å². The van der Waals surface area contributed by atoms with Gasteiger partial charge in [-0.1, -0.05) is 12.1 Å². The van der Waals surface area contributed by atoms with Gasteiger partial charge in [0, 0.05) is 12.8 Å². The summed E-state index contributed by atoms with van der Waals surface area (Å²) in [6, 6.07) is 7.07. The fraction of sp³-hybridized carbons (Fsp3) is 0.632. The van der Waals surface area contributed by atoms with Crippen molar-refractivity contribution in [1.82, 2.24) is 5.32 Å². The monoisotopic (exact) mass is 418 g/mol. The van der Waals surface area contributed by atoms with Crippen molar-refractivity contribution in [2.24, 2.45) is 5.41 Å². The molecule has 0 aliphatic carbocycles. The Bertz CT molecular complexity index is 733. The quantitative estimate of drug-likeness (QED) is 0.742. The molecule has 0 spiro atoms. The Hall–Kier alpha value is -1.15. The maximum Gasteiger partial charge on any atom is 0.233 e. The number of carbonyl (C=O) groups is 1. The van der Waals surface area contributed by atoms with Crippen LogP contribution in [-0.4, -0.2) is 45.9 Å². The molecule has 0 bridgehead atoms. The number of rotatable bonds is 6. The minimum Gasteiger partial charge on any atom is -0.384 e. The predicted molar refractivity (Wildman–Crippen MR) is 111 cm³/mol. The minimum absolute atomic E-state index is 0. The second-order valence-electron chi connectivity index (χ2n) is 7.99. The van der Waals surface area contributed by atoms with E-state index in [1.165, 1.54) is 0 Å². The summed E-state index contributed by atoms with van der Waals surface area (Å²) >= 11 is 0. The highest BCUT2D eigenvalue weighted by Gasteiger charge is 2.39. The molecule has 2 rings (SSSR count). The molecule has 1 aliphatic heterocycles. The number of methoxy groups -OCH3 is 1. The van der Waals surface area contributed by atoms with E-state index in [0.717, 1.165) is 13.1 Å². The van der Waals surface area contributed by atoms with E-state index in [1.807, 2.05) is 0 Å². The van der Waals surface area contributed by atoms with Gasteiger partial charge in [0.15, 0.2) is 9.84 Å². The molecule has 1 amide bonds. The van der Waals surface area contributed by atoms with Crippen molar-refractivity contribution in [3.8, 4) is 0 Å². The van der Waals surface area contributed by atoms with Gasteiger partial charge in [0.2, 0.25) is 5.91 Å². The van der Waals surface area contributed by atoms with Gasteiger partial charge in [0.25, 0.3) is 0 Å². The first kappa shape index (κ1) is 23.9. The van der Waals surface area contributed by atoms with Gasteiger partial charge in [0.05, 0.1) is 22.5 Å². The van der Waals surface area contributed by atoms with Gasteiger partial charge in [-0.15, -0.1) is 12.4 Å². The number of benzene rings is 1. The molecule has 2 N–H and O–H groups in total. The summed E-state index contributed by atoms with van der Waals surface area (Å²) in [4.78, 5) is 12.9. The van der Waals surface area contributed by atoms with Crippen LogP contribution in [-0.2, 0) is 25.1 Å². The van der Waals surface area contributed by atoms with E-state index in [4.69, 9.17) is 4.74 Å². The number of nitrogens with one attached hydrogen (secondary N) is 2. The van der Waals surface area contributed by atoms with E-state index in [-0.39, 0.29) is 24.1 Å². The first-order valence-corrected chi connectivity index (χ1v) is 10.6. The van der Waals surface area contributed by atoms with Crippen LogP contribution in [0.15, 0.2) is 24.3 Å². The molecule has 1 aromatic carbocycles. The standard InChI is InChI=1S/C19H30N2O4S.ClH/c1-18(2,3)26(23,24)13-15-6-5-7-16(12-15)21-17(22)19(14-25-4)8-10-20-11-9-19;/h5-7,12,20H,8-11,13-14H2,1-4H3,(H,21,22);1H. The first-order valence-electron chi connectivity index (χ1n) is 8.92. The van der Waals surface area contributed by atoms with Crippen LogP contribution in [0.2, 0.25) is 0 Å². The average Bonchev–Trinajstić information content (AvgIpc) is 2.55. The van der Waals surface area contributed by atoms with Crippen molar-refractivity contribution >= 4 is 33.8 Å². The molecule has 27 heavy (non-hydrogen) atoms. The summed E-state index contributed by atoms with van der Waals surface area (Å²) in [5, 5.41) is 6.22. The Kier molecular flexibility index (Phi) is 8.29. The third kappa shape index (κ3) is 5.91. The fourth-order valence-corrected chi connectivity index (χ4v) is 4.11. The average molecular weight is 419 g/mol. The zero-order valence-corrected chi connectivity index (χ0v) is 18.1. The SMILES string of the molecule is COCC1(C(=O)Nc2cccc(CS(=O)(=O)C(C)(C)C)c2)CCNCC1.Cl. The lowest BCUT2D eigenvalue weighted by atomic mass is 9.78. The summed E-state index contributed by atoms with van der Waals surface area (Å²) in [5.41, 5.74) is 0.738. The fourth-order valence-electron chi connectivity index (χ4n) is 3.06. The van der Waals surface area contributed by atoms with E-state index in [0.29, 0.717) is 30.7 Å². The Morgan fingerprint density at radius 2 is 1.89 bits per heavy atom. The number of piperidine rings is 1. The van der Waals surface area contributed by atoms with Crippen LogP contribution < -0.4 is 10.6 Å². The normalized spacial score (nSPS) is 17.0. The topological polar surface area (TPSA) is 84.5 Å². The molecule has 6 nitrogen and oxygen atoms in total. The number of hydrogen-bond acceptors (Lipinski definition) is 5. The molecule has 1 fully saturated rings. The van der Waals surface area contributed by atoms with Crippen molar-refractivity contribution in [1.29, 1.82) is 0 Å². The third-order valence-electron chi connectivity index (χ3n) is 4.94. The van der Waals surface area contributed by atoms with Crippen LogP contribution in [0.4, 0.5) is 5.69 Å². The number of sulfone groups is 1. The maximum absolute atomic E-state index is 12.9. The molecule has 1 saturated heterocycles. The smallest absolute Gasteiger partial charge is 0.233 e. The molecule has 154 valence electrons. The van der Waals surface area contributed by atoms with Crippen molar-refractivity contribution in [2.45, 2.75) is 44.1 Å². The first-order chi connectivity index (χ1) is 12.1. The van der Waals surface area contributed by atoms with Gasteiger partial charge < -0.3 is 15.4 Å². The van der Waals surface area contributed by atoms with E-state index in [2.05, 4.69) is 10.6 Å².